The molecule has 0 amide bonds. The van der Waals surface area contributed by atoms with Crippen LogP contribution in [0.2, 0.25) is 5.02 Å². The van der Waals surface area contributed by atoms with Gasteiger partial charge in [0.25, 0.3) is 0 Å². The van der Waals surface area contributed by atoms with Gasteiger partial charge in [-0.2, -0.15) is 0 Å². The highest BCUT2D eigenvalue weighted by Crippen LogP contribution is 2.45. The van der Waals surface area contributed by atoms with Gasteiger partial charge in [0.05, 0.1) is 5.52 Å². The molecular formula is C17H21ClN4O. The zero-order chi connectivity index (χ0) is 15.9. The van der Waals surface area contributed by atoms with Crippen LogP contribution in [-0.2, 0) is 4.74 Å². The molecule has 0 radical (unpaired) electrons. The van der Waals surface area contributed by atoms with Gasteiger partial charge >= 0.3 is 0 Å². The largest absolute Gasteiger partial charge is 0.381 e. The number of halogens is 1. The second-order valence-corrected chi connectivity index (χ2v) is 7.08. The molecule has 1 aromatic carbocycles. The smallest absolute Gasteiger partial charge is 0.139 e. The number of hydrogen-bond acceptors (Lipinski definition) is 5. The summed E-state index contributed by atoms with van der Waals surface area (Å²) in [7, 11) is 0. The Morgan fingerprint density at radius 2 is 2.13 bits per heavy atom. The van der Waals surface area contributed by atoms with Gasteiger partial charge in [0.2, 0.25) is 0 Å². The van der Waals surface area contributed by atoms with E-state index in [2.05, 4.69) is 14.9 Å². The molecule has 1 unspecified atom stereocenters. The Bertz CT molecular complexity index is 717. The van der Waals surface area contributed by atoms with Crippen molar-refractivity contribution in [2.75, 3.05) is 37.7 Å². The van der Waals surface area contributed by atoms with Crippen LogP contribution in [0, 0.1) is 11.3 Å². The van der Waals surface area contributed by atoms with Crippen molar-refractivity contribution >= 4 is 28.3 Å². The van der Waals surface area contributed by atoms with E-state index < -0.39 is 0 Å². The Labute approximate surface area is 140 Å². The highest BCUT2D eigenvalue weighted by Gasteiger charge is 2.47. The molecule has 122 valence electrons. The second kappa shape index (κ2) is 5.89. The summed E-state index contributed by atoms with van der Waals surface area (Å²) in [5.41, 5.74) is 7.24. The third-order valence-corrected chi connectivity index (χ3v) is 5.70. The zero-order valence-electron chi connectivity index (χ0n) is 13.0. The molecule has 3 heterocycles. The molecule has 1 aromatic heterocycles. The predicted octanol–water partition coefficient (Wildman–Crippen LogP) is 2.47. The first-order valence-electron chi connectivity index (χ1n) is 8.15. The normalized spacial score (nSPS) is 23.7. The molecule has 23 heavy (non-hydrogen) atoms. The number of benzene rings is 1. The standard InChI is InChI=1S/C17H21ClN4O/c18-13-1-2-14-15(7-13)20-11-21-16(14)22-9-12(8-19)17(10-22)3-5-23-6-4-17/h1-2,7,11-12H,3-6,8-10,19H2. The van der Waals surface area contributed by atoms with Crippen LogP contribution in [0.4, 0.5) is 5.82 Å². The van der Waals surface area contributed by atoms with E-state index >= 15 is 0 Å². The minimum Gasteiger partial charge on any atom is -0.381 e. The van der Waals surface area contributed by atoms with Gasteiger partial charge in [0, 0.05) is 36.7 Å². The number of rotatable bonds is 2. The molecule has 5 nitrogen and oxygen atoms in total. The van der Waals surface area contributed by atoms with Crippen molar-refractivity contribution in [1.82, 2.24) is 9.97 Å². The molecular weight excluding hydrogens is 312 g/mol. The summed E-state index contributed by atoms with van der Waals surface area (Å²) in [5, 5.41) is 1.75. The minimum absolute atomic E-state index is 0.261. The number of nitrogens with zero attached hydrogens (tertiary/aromatic N) is 3. The molecule has 2 saturated heterocycles. The summed E-state index contributed by atoms with van der Waals surface area (Å²) in [4.78, 5) is 11.3. The maximum atomic E-state index is 6.09. The van der Waals surface area contributed by atoms with Crippen molar-refractivity contribution in [2.24, 2.45) is 17.1 Å². The Morgan fingerprint density at radius 1 is 1.30 bits per heavy atom. The molecule has 2 aromatic rings. The molecule has 1 atom stereocenters. The lowest BCUT2D eigenvalue weighted by atomic mass is 9.72. The van der Waals surface area contributed by atoms with Gasteiger partial charge in [-0.3, -0.25) is 0 Å². The average Bonchev–Trinajstić information content (AvgIpc) is 2.92. The van der Waals surface area contributed by atoms with E-state index in [1.54, 1.807) is 6.33 Å². The summed E-state index contributed by atoms with van der Waals surface area (Å²) in [5.74, 6) is 1.48. The topological polar surface area (TPSA) is 64.3 Å². The van der Waals surface area contributed by atoms with Crippen molar-refractivity contribution in [3.8, 4) is 0 Å². The summed E-state index contributed by atoms with van der Waals surface area (Å²) in [6.07, 6.45) is 3.79. The van der Waals surface area contributed by atoms with Crippen LogP contribution in [0.1, 0.15) is 12.8 Å². The first kappa shape index (κ1) is 15.1. The van der Waals surface area contributed by atoms with E-state index in [0.717, 1.165) is 55.9 Å². The lowest BCUT2D eigenvalue weighted by Crippen LogP contribution is -2.39. The molecule has 0 aliphatic carbocycles. The average molecular weight is 333 g/mol. The summed E-state index contributed by atoms with van der Waals surface area (Å²) >= 11 is 6.09. The molecule has 1 spiro atoms. The lowest BCUT2D eigenvalue weighted by molar-refractivity contribution is 0.00490. The van der Waals surface area contributed by atoms with Crippen LogP contribution in [0.25, 0.3) is 10.9 Å². The van der Waals surface area contributed by atoms with Gasteiger partial charge in [-0.25, -0.2) is 9.97 Å². The zero-order valence-corrected chi connectivity index (χ0v) is 13.8. The van der Waals surface area contributed by atoms with Crippen molar-refractivity contribution < 1.29 is 4.74 Å². The summed E-state index contributed by atoms with van der Waals surface area (Å²) < 4.78 is 5.57. The third kappa shape index (κ3) is 2.57. The van der Waals surface area contributed by atoms with E-state index in [1.807, 2.05) is 18.2 Å². The van der Waals surface area contributed by atoms with Crippen molar-refractivity contribution in [1.29, 1.82) is 0 Å². The molecule has 0 saturated carbocycles. The summed E-state index contributed by atoms with van der Waals surface area (Å²) in [6.45, 7) is 4.33. The van der Waals surface area contributed by atoms with Gasteiger partial charge < -0.3 is 15.4 Å². The van der Waals surface area contributed by atoms with Gasteiger partial charge in [0.1, 0.15) is 12.1 Å². The Morgan fingerprint density at radius 3 is 2.91 bits per heavy atom. The number of fused-ring (bicyclic) bond motifs is 1. The van der Waals surface area contributed by atoms with Crippen LogP contribution in [0.15, 0.2) is 24.5 Å². The monoisotopic (exact) mass is 332 g/mol. The van der Waals surface area contributed by atoms with E-state index in [4.69, 9.17) is 22.1 Å². The Balaban J connectivity index is 1.71. The van der Waals surface area contributed by atoms with Crippen LogP contribution in [0.5, 0.6) is 0 Å². The van der Waals surface area contributed by atoms with Crippen molar-refractivity contribution in [3.63, 3.8) is 0 Å². The lowest BCUT2D eigenvalue weighted by Gasteiger charge is -2.37. The number of nitrogens with two attached hydrogens (primary N) is 1. The van der Waals surface area contributed by atoms with Crippen molar-refractivity contribution in [2.45, 2.75) is 12.8 Å². The molecule has 6 heteroatoms. The minimum atomic E-state index is 0.261. The van der Waals surface area contributed by atoms with E-state index in [1.165, 1.54) is 0 Å². The third-order valence-electron chi connectivity index (χ3n) is 5.46. The van der Waals surface area contributed by atoms with Gasteiger partial charge in [-0.05, 0) is 48.9 Å². The van der Waals surface area contributed by atoms with E-state index in [-0.39, 0.29) is 5.41 Å². The SMILES string of the molecule is NCC1CN(c2ncnc3cc(Cl)ccc23)CC12CCOCC2. The fourth-order valence-corrected chi connectivity index (χ4v) is 4.30. The molecule has 0 bridgehead atoms. The molecule has 4 rings (SSSR count). The molecule has 2 aliphatic heterocycles. The number of hydrogen-bond donors (Lipinski definition) is 1. The highest BCUT2D eigenvalue weighted by atomic mass is 35.5. The number of aromatic nitrogens is 2. The quantitative estimate of drug-likeness (QED) is 0.915. The molecule has 2 fully saturated rings. The Hall–Kier alpha value is -1.43. The van der Waals surface area contributed by atoms with Crippen LogP contribution in [0.3, 0.4) is 0 Å². The maximum absolute atomic E-state index is 6.09. The van der Waals surface area contributed by atoms with Crippen LogP contribution in [-0.4, -0.2) is 42.8 Å². The van der Waals surface area contributed by atoms with Crippen LogP contribution >= 0.6 is 11.6 Å². The maximum Gasteiger partial charge on any atom is 0.139 e. The predicted molar refractivity (Wildman–Crippen MR) is 91.8 cm³/mol. The van der Waals surface area contributed by atoms with Crippen LogP contribution < -0.4 is 10.6 Å². The second-order valence-electron chi connectivity index (χ2n) is 6.65. The number of anilines is 1. The van der Waals surface area contributed by atoms with Gasteiger partial charge in [0.15, 0.2) is 0 Å². The first-order chi connectivity index (χ1) is 11.2. The van der Waals surface area contributed by atoms with E-state index in [0.29, 0.717) is 17.5 Å². The summed E-state index contributed by atoms with van der Waals surface area (Å²) in [6, 6.07) is 5.81. The van der Waals surface area contributed by atoms with E-state index in [9.17, 15) is 0 Å². The Kier molecular flexibility index (Phi) is 3.87. The highest BCUT2D eigenvalue weighted by molar-refractivity contribution is 6.31. The first-order valence-corrected chi connectivity index (χ1v) is 8.53. The van der Waals surface area contributed by atoms with Gasteiger partial charge in [-0.15, -0.1) is 0 Å². The fourth-order valence-electron chi connectivity index (χ4n) is 4.13. The fraction of sp³-hybridized carbons (Fsp3) is 0.529. The van der Waals surface area contributed by atoms with Gasteiger partial charge in [-0.1, -0.05) is 11.6 Å². The number of ether oxygens (including phenoxy) is 1. The molecule has 2 N–H and O–H groups in total. The van der Waals surface area contributed by atoms with Crippen molar-refractivity contribution in [3.05, 3.63) is 29.5 Å². The molecule has 2 aliphatic rings.